The Kier molecular flexibility index (Phi) is 12.5. The van der Waals surface area contributed by atoms with E-state index in [0.717, 1.165) is 42.8 Å². The second kappa shape index (κ2) is 14.6. The molecule has 1 aromatic rings. The molecule has 0 radical (unpaired) electrons. The van der Waals surface area contributed by atoms with Gasteiger partial charge < -0.3 is 15.5 Å². The fourth-order valence-corrected chi connectivity index (χ4v) is 5.65. The van der Waals surface area contributed by atoms with E-state index in [0.29, 0.717) is 17.9 Å². The molecule has 0 aromatic carbocycles. The molecule has 8 heteroatoms. The highest BCUT2D eigenvalue weighted by molar-refractivity contribution is 7.09. The first-order valence-electron chi connectivity index (χ1n) is 13.5. The Bertz CT molecular complexity index is 971. The van der Waals surface area contributed by atoms with E-state index in [4.69, 9.17) is 11.6 Å². The normalized spacial score (nSPS) is 30.5. The number of hydrogen-bond acceptors (Lipinski definition) is 6. The summed E-state index contributed by atoms with van der Waals surface area (Å²) in [6.45, 7) is 11.4. The third-order valence-corrected chi connectivity index (χ3v) is 8.74. The van der Waals surface area contributed by atoms with Gasteiger partial charge in [0, 0.05) is 16.3 Å². The number of unbranched alkanes of at least 4 members (excludes halogenated alkanes) is 1. The number of allylic oxidation sites excluding steroid dienone is 1. The van der Waals surface area contributed by atoms with Crippen LogP contribution >= 0.6 is 22.9 Å². The van der Waals surface area contributed by atoms with Gasteiger partial charge in [0.2, 0.25) is 5.91 Å². The van der Waals surface area contributed by atoms with Crippen LogP contribution in [-0.4, -0.2) is 45.1 Å². The van der Waals surface area contributed by atoms with Gasteiger partial charge in [-0.25, -0.2) is 4.98 Å². The van der Waals surface area contributed by atoms with Gasteiger partial charge >= 0.3 is 0 Å². The van der Waals surface area contributed by atoms with Crippen LogP contribution in [0, 0.1) is 24.2 Å². The zero-order valence-corrected chi connectivity index (χ0v) is 24.8. The number of carbonyl (C=O) groups is 2. The number of halogens is 1. The number of amides is 1. The van der Waals surface area contributed by atoms with Crippen molar-refractivity contribution >= 4 is 40.7 Å². The Morgan fingerprint density at radius 3 is 2.62 bits per heavy atom. The van der Waals surface area contributed by atoms with Crippen LogP contribution < -0.4 is 5.32 Å². The van der Waals surface area contributed by atoms with Crippen molar-refractivity contribution in [2.24, 2.45) is 17.3 Å². The van der Waals surface area contributed by atoms with Gasteiger partial charge in [-0.05, 0) is 57.9 Å². The van der Waals surface area contributed by atoms with E-state index in [2.05, 4.69) is 30.2 Å². The predicted molar refractivity (Wildman–Crippen MR) is 152 cm³/mol. The van der Waals surface area contributed by atoms with Crippen molar-refractivity contribution in [2.45, 2.75) is 111 Å². The number of thiazole rings is 1. The van der Waals surface area contributed by atoms with Gasteiger partial charge in [0.1, 0.15) is 5.78 Å². The highest BCUT2D eigenvalue weighted by Gasteiger charge is 2.43. The quantitative estimate of drug-likeness (QED) is 0.378. The van der Waals surface area contributed by atoms with Crippen LogP contribution in [0.2, 0.25) is 0 Å². The van der Waals surface area contributed by atoms with Crippen LogP contribution in [-0.2, 0) is 9.59 Å². The molecule has 0 saturated heterocycles. The predicted octanol–water partition coefficient (Wildman–Crippen LogP) is 6.19. The number of aryl methyl sites for hydroxylation is 1. The molecular formula is C29H45ClN2O4S. The minimum Gasteiger partial charge on any atom is -0.392 e. The molecule has 0 saturated carbocycles. The summed E-state index contributed by atoms with van der Waals surface area (Å²) in [7, 11) is 0. The summed E-state index contributed by atoms with van der Waals surface area (Å²) in [5.74, 6) is -1.18. The third kappa shape index (κ3) is 9.31. The van der Waals surface area contributed by atoms with Crippen LogP contribution in [0.15, 0.2) is 22.1 Å². The summed E-state index contributed by atoms with van der Waals surface area (Å²) in [5.41, 5.74) is 0.742. The zero-order chi connectivity index (χ0) is 27.8. The maximum atomic E-state index is 13.7. The Balaban J connectivity index is 2.36. The van der Waals surface area contributed by atoms with Crippen molar-refractivity contribution in [3.8, 4) is 0 Å². The fourth-order valence-electron chi connectivity index (χ4n) is 4.83. The zero-order valence-electron chi connectivity index (χ0n) is 23.2. The summed E-state index contributed by atoms with van der Waals surface area (Å²) in [6.07, 6.45) is 7.02. The first-order chi connectivity index (χ1) is 17.4. The Hall–Kier alpha value is -1.54. The smallest absolute Gasteiger partial charge is 0.223 e. The first-order valence-corrected chi connectivity index (χ1v) is 14.8. The van der Waals surface area contributed by atoms with Gasteiger partial charge in [-0.3, -0.25) is 9.59 Å². The lowest BCUT2D eigenvalue weighted by Crippen LogP contribution is -2.48. The largest absolute Gasteiger partial charge is 0.392 e. The molecule has 1 aliphatic heterocycles. The molecule has 1 amide bonds. The first kappa shape index (κ1) is 31.7. The molecule has 1 aliphatic rings. The van der Waals surface area contributed by atoms with Gasteiger partial charge in [-0.1, -0.05) is 63.8 Å². The average Bonchev–Trinajstić information content (AvgIpc) is 3.24. The highest BCUT2D eigenvalue weighted by Crippen LogP contribution is 2.34. The summed E-state index contributed by atoms with van der Waals surface area (Å²) >= 11 is 8.20. The summed E-state index contributed by atoms with van der Waals surface area (Å²) in [5, 5.41) is 28.5. The number of rotatable bonds is 5. The van der Waals surface area contributed by atoms with E-state index in [1.54, 1.807) is 19.9 Å². The SMILES string of the molecule is CCCC[C@H]1C(=O)C(C)(C)[C@@H](O)CC(=O)N[C@H](/C(Cl)=C/c2csc(C)n2)C/C=C(/C)CCC[C@H](C)[C@@H]1O. The van der Waals surface area contributed by atoms with Gasteiger partial charge in [-0.2, -0.15) is 0 Å². The molecular weight excluding hydrogens is 508 g/mol. The van der Waals surface area contributed by atoms with Gasteiger partial charge in [-0.15, -0.1) is 11.3 Å². The Morgan fingerprint density at radius 1 is 1.30 bits per heavy atom. The molecule has 0 spiro atoms. The van der Waals surface area contributed by atoms with Crippen molar-refractivity contribution in [1.29, 1.82) is 0 Å². The van der Waals surface area contributed by atoms with Gasteiger partial charge in [0.15, 0.2) is 0 Å². The maximum Gasteiger partial charge on any atom is 0.223 e. The molecule has 5 atom stereocenters. The van der Waals surface area contributed by atoms with Gasteiger partial charge in [0.05, 0.1) is 40.8 Å². The minimum atomic E-state index is -1.19. The fraction of sp³-hybridized carbons (Fsp3) is 0.690. The van der Waals surface area contributed by atoms with Crippen molar-refractivity contribution in [2.75, 3.05) is 0 Å². The van der Waals surface area contributed by atoms with Crippen molar-refractivity contribution < 1.29 is 19.8 Å². The molecule has 37 heavy (non-hydrogen) atoms. The number of aliphatic hydroxyl groups excluding tert-OH is 2. The van der Waals surface area contributed by atoms with Crippen LogP contribution in [0.25, 0.3) is 6.08 Å². The molecule has 0 aliphatic carbocycles. The van der Waals surface area contributed by atoms with Crippen LogP contribution in [0.3, 0.4) is 0 Å². The second-order valence-corrected chi connectivity index (χ2v) is 12.6. The molecule has 0 unspecified atom stereocenters. The van der Waals surface area contributed by atoms with Crippen LogP contribution in [0.5, 0.6) is 0 Å². The number of Topliss-reactive ketones (excluding diaryl/α,β-unsaturated/α-hetero) is 1. The molecule has 0 fully saturated rings. The monoisotopic (exact) mass is 552 g/mol. The molecule has 3 N–H and O–H groups in total. The summed E-state index contributed by atoms with van der Waals surface area (Å²) in [6, 6.07) is -0.469. The van der Waals surface area contributed by atoms with E-state index in [-0.39, 0.29) is 24.0 Å². The van der Waals surface area contributed by atoms with E-state index >= 15 is 0 Å². The standard InChI is InChI=1S/C29H45ClN2O4S/c1-7-8-12-22-27(35)19(3)11-9-10-18(2)13-14-24(23(30)15-21-17-37-20(4)31-21)32-26(34)16-25(33)29(5,6)28(22)36/h13,15,17,19,22,24-25,27,33,35H,7-12,14,16H2,1-6H3,(H,32,34)/b18-13-,23-15-/t19-,22+,24-,25-,27-/m0/s1. The molecule has 2 heterocycles. The molecule has 6 nitrogen and oxygen atoms in total. The molecule has 1 aromatic heterocycles. The van der Waals surface area contributed by atoms with E-state index in [1.165, 1.54) is 16.9 Å². The lowest BCUT2D eigenvalue weighted by molar-refractivity contribution is -0.144. The van der Waals surface area contributed by atoms with E-state index in [1.807, 2.05) is 19.2 Å². The minimum absolute atomic E-state index is 0.0468. The second-order valence-electron chi connectivity index (χ2n) is 11.1. The third-order valence-electron chi connectivity index (χ3n) is 7.57. The summed E-state index contributed by atoms with van der Waals surface area (Å²) < 4.78 is 0. The topological polar surface area (TPSA) is 99.5 Å². The average molecular weight is 553 g/mol. The van der Waals surface area contributed by atoms with E-state index in [9.17, 15) is 19.8 Å². The molecule has 0 bridgehead atoms. The number of aliphatic hydroxyl groups is 2. The van der Waals surface area contributed by atoms with Crippen molar-refractivity contribution in [3.63, 3.8) is 0 Å². The highest BCUT2D eigenvalue weighted by atomic mass is 35.5. The lowest BCUT2D eigenvalue weighted by atomic mass is 9.71. The lowest BCUT2D eigenvalue weighted by Gasteiger charge is -2.36. The number of carbonyl (C=O) groups excluding carboxylic acids is 2. The number of nitrogens with one attached hydrogen (secondary N) is 1. The number of ketones is 1. The summed E-state index contributed by atoms with van der Waals surface area (Å²) in [4.78, 5) is 31.2. The molecule has 208 valence electrons. The molecule has 2 rings (SSSR count). The number of aromatic nitrogens is 1. The number of hydrogen-bond donors (Lipinski definition) is 3. The number of nitrogens with zero attached hydrogens (tertiary/aromatic N) is 1. The van der Waals surface area contributed by atoms with Crippen molar-refractivity contribution in [1.82, 2.24) is 10.3 Å². The Morgan fingerprint density at radius 2 is 2.00 bits per heavy atom. The van der Waals surface area contributed by atoms with Crippen LogP contribution in [0.4, 0.5) is 0 Å². The maximum absolute atomic E-state index is 13.7. The Labute approximate surface area is 231 Å². The van der Waals surface area contributed by atoms with E-state index < -0.39 is 29.6 Å². The van der Waals surface area contributed by atoms with Gasteiger partial charge in [0.25, 0.3) is 0 Å². The van der Waals surface area contributed by atoms with Crippen molar-refractivity contribution in [3.05, 3.63) is 32.8 Å². The van der Waals surface area contributed by atoms with Crippen LogP contribution in [0.1, 0.15) is 96.7 Å².